The summed E-state index contributed by atoms with van der Waals surface area (Å²) in [6.07, 6.45) is 0. The average molecular weight is 305 g/mol. The van der Waals surface area contributed by atoms with E-state index in [4.69, 9.17) is 4.74 Å². The summed E-state index contributed by atoms with van der Waals surface area (Å²) in [6, 6.07) is 5.90. The number of imide groups is 1. The van der Waals surface area contributed by atoms with Crippen molar-refractivity contribution in [2.75, 3.05) is 27.3 Å². The Morgan fingerprint density at radius 1 is 1.27 bits per heavy atom. The standard InChI is InChI=1S/C15H19N3O4/c1-17-13-11(14(20)18(15(13)21)7-8-22-2)12(16-17)9-5-3-4-6-10(9)19/h3-6,11-13,16,19H,7-8H2,1-2H3/t11-,12-,13+/m1/s1. The second kappa shape index (κ2) is 5.68. The molecule has 0 aromatic heterocycles. The molecule has 3 rings (SSSR count). The summed E-state index contributed by atoms with van der Waals surface area (Å²) in [5.41, 5.74) is 3.75. The topological polar surface area (TPSA) is 82.1 Å². The first-order valence-electron chi connectivity index (χ1n) is 7.17. The molecule has 2 aliphatic heterocycles. The zero-order valence-electron chi connectivity index (χ0n) is 12.5. The number of rotatable bonds is 4. The molecule has 0 aliphatic carbocycles. The number of amides is 2. The fraction of sp³-hybridized carbons (Fsp3) is 0.467. The maximum atomic E-state index is 12.6. The van der Waals surface area contributed by atoms with Crippen LogP contribution in [0.5, 0.6) is 5.75 Å². The van der Waals surface area contributed by atoms with Crippen LogP contribution in [-0.2, 0) is 14.3 Å². The van der Waals surface area contributed by atoms with Crippen molar-refractivity contribution in [3.05, 3.63) is 29.8 Å². The molecule has 118 valence electrons. The Morgan fingerprint density at radius 2 is 2.00 bits per heavy atom. The second-order valence-corrected chi connectivity index (χ2v) is 5.57. The number of fused-ring (bicyclic) bond motifs is 1. The number of nitrogens with one attached hydrogen (secondary N) is 1. The number of aromatic hydroxyl groups is 1. The van der Waals surface area contributed by atoms with Gasteiger partial charge in [-0.25, -0.2) is 10.4 Å². The molecule has 1 aromatic carbocycles. The van der Waals surface area contributed by atoms with Crippen molar-refractivity contribution >= 4 is 11.8 Å². The number of methoxy groups -OCH3 is 1. The van der Waals surface area contributed by atoms with Crippen LogP contribution < -0.4 is 5.43 Å². The van der Waals surface area contributed by atoms with Gasteiger partial charge in [-0.05, 0) is 6.07 Å². The smallest absolute Gasteiger partial charge is 0.248 e. The summed E-state index contributed by atoms with van der Waals surface area (Å²) in [5, 5.41) is 11.7. The van der Waals surface area contributed by atoms with E-state index in [-0.39, 0.29) is 24.1 Å². The third kappa shape index (κ3) is 2.18. The first kappa shape index (κ1) is 15.0. The molecular weight excluding hydrogens is 286 g/mol. The van der Waals surface area contributed by atoms with E-state index in [0.717, 1.165) is 0 Å². The number of phenols is 1. The van der Waals surface area contributed by atoms with Crippen LogP contribution in [-0.4, -0.2) is 60.2 Å². The highest BCUT2D eigenvalue weighted by Crippen LogP contribution is 2.41. The van der Waals surface area contributed by atoms with Crippen molar-refractivity contribution in [2.45, 2.75) is 12.1 Å². The maximum Gasteiger partial charge on any atom is 0.248 e. The number of carbonyl (C=O) groups excluding carboxylic acids is 2. The van der Waals surface area contributed by atoms with Crippen LogP contribution in [0.3, 0.4) is 0 Å². The van der Waals surface area contributed by atoms with Crippen molar-refractivity contribution in [2.24, 2.45) is 5.92 Å². The van der Waals surface area contributed by atoms with Gasteiger partial charge in [-0.15, -0.1) is 0 Å². The van der Waals surface area contributed by atoms with Gasteiger partial charge in [0.1, 0.15) is 11.8 Å². The third-order valence-electron chi connectivity index (χ3n) is 4.32. The van der Waals surface area contributed by atoms with Crippen LogP contribution in [0, 0.1) is 5.92 Å². The van der Waals surface area contributed by atoms with Gasteiger partial charge in [-0.3, -0.25) is 14.5 Å². The van der Waals surface area contributed by atoms with Gasteiger partial charge in [0, 0.05) is 19.7 Å². The van der Waals surface area contributed by atoms with E-state index < -0.39 is 18.0 Å². The SMILES string of the molecule is COCCN1C(=O)[C@@H]2[C@@H](c3ccccc3O)NN(C)[C@@H]2C1=O. The Morgan fingerprint density at radius 3 is 2.68 bits per heavy atom. The molecule has 2 saturated heterocycles. The van der Waals surface area contributed by atoms with Gasteiger partial charge in [0.15, 0.2) is 0 Å². The molecule has 0 unspecified atom stereocenters. The Labute approximate surface area is 128 Å². The fourth-order valence-electron chi connectivity index (χ4n) is 3.26. The van der Waals surface area contributed by atoms with Gasteiger partial charge in [0.2, 0.25) is 11.8 Å². The molecule has 0 bridgehead atoms. The molecule has 3 atom stereocenters. The predicted octanol–water partition coefficient (Wildman–Crippen LogP) is -0.117. The van der Waals surface area contributed by atoms with E-state index in [1.54, 1.807) is 36.3 Å². The minimum absolute atomic E-state index is 0.115. The van der Waals surface area contributed by atoms with Crippen molar-refractivity contribution in [1.82, 2.24) is 15.3 Å². The molecule has 0 saturated carbocycles. The van der Waals surface area contributed by atoms with Crippen molar-refractivity contribution in [1.29, 1.82) is 0 Å². The molecule has 0 spiro atoms. The van der Waals surface area contributed by atoms with Crippen molar-refractivity contribution in [3.63, 3.8) is 0 Å². The van der Waals surface area contributed by atoms with Crippen LogP contribution in [0.25, 0.3) is 0 Å². The van der Waals surface area contributed by atoms with E-state index in [0.29, 0.717) is 12.2 Å². The van der Waals surface area contributed by atoms with E-state index in [9.17, 15) is 14.7 Å². The average Bonchev–Trinajstić information content (AvgIpc) is 2.96. The van der Waals surface area contributed by atoms with Crippen LogP contribution >= 0.6 is 0 Å². The number of phenolic OH excluding ortho intramolecular Hbond substituents is 1. The van der Waals surface area contributed by atoms with E-state index in [2.05, 4.69) is 5.43 Å². The summed E-state index contributed by atoms with van der Waals surface area (Å²) < 4.78 is 4.96. The lowest BCUT2D eigenvalue weighted by atomic mass is 9.90. The Balaban J connectivity index is 1.93. The lowest BCUT2D eigenvalue weighted by Crippen LogP contribution is -2.43. The van der Waals surface area contributed by atoms with Crippen LogP contribution in [0.2, 0.25) is 0 Å². The number of likely N-dealkylation sites (N-methyl/N-ethyl adjacent to an activating group) is 1. The minimum Gasteiger partial charge on any atom is -0.508 e. The normalized spacial score (nSPS) is 28.5. The third-order valence-corrected chi connectivity index (χ3v) is 4.32. The number of likely N-dealkylation sites (tertiary alicyclic amines) is 1. The number of nitrogens with zero attached hydrogens (tertiary/aromatic N) is 2. The van der Waals surface area contributed by atoms with Crippen molar-refractivity contribution in [3.8, 4) is 5.75 Å². The number of hydrogen-bond donors (Lipinski definition) is 2. The van der Waals surface area contributed by atoms with E-state index in [1.807, 2.05) is 0 Å². The zero-order chi connectivity index (χ0) is 15.9. The summed E-state index contributed by atoms with van der Waals surface area (Å²) in [5.74, 6) is -0.871. The number of ether oxygens (including phenoxy) is 1. The highest BCUT2D eigenvalue weighted by Gasteiger charge is 2.57. The maximum absolute atomic E-state index is 12.6. The molecule has 7 heteroatoms. The monoisotopic (exact) mass is 305 g/mol. The van der Waals surface area contributed by atoms with Crippen LogP contribution in [0.4, 0.5) is 0 Å². The number of para-hydroxylation sites is 1. The van der Waals surface area contributed by atoms with Crippen LogP contribution in [0.15, 0.2) is 24.3 Å². The lowest BCUT2D eigenvalue weighted by Gasteiger charge is -2.22. The molecule has 7 nitrogen and oxygen atoms in total. The second-order valence-electron chi connectivity index (χ2n) is 5.57. The molecule has 2 aliphatic rings. The number of benzene rings is 1. The molecule has 22 heavy (non-hydrogen) atoms. The van der Waals surface area contributed by atoms with Gasteiger partial charge in [0.05, 0.1) is 25.1 Å². The Hall–Kier alpha value is -1.96. The summed E-state index contributed by atoms with van der Waals surface area (Å²) in [7, 11) is 3.27. The Bertz CT molecular complexity index is 606. The first-order valence-corrected chi connectivity index (χ1v) is 7.17. The Kier molecular flexibility index (Phi) is 3.86. The minimum atomic E-state index is -0.547. The van der Waals surface area contributed by atoms with Gasteiger partial charge in [-0.2, -0.15) is 0 Å². The summed E-state index contributed by atoms with van der Waals surface area (Å²) in [4.78, 5) is 26.4. The van der Waals surface area contributed by atoms with E-state index >= 15 is 0 Å². The van der Waals surface area contributed by atoms with Gasteiger partial charge in [0.25, 0.3) is 0 Å². The fourth-order valence-corrected chi connectivity index (χ4v) is 3.26. The predicted molar refractivity (Wildman–Crippen MR) is 77.6 cm³/mol. The summed E-state index contributed by atoms with van der Waals surface area (Å²) in [6.45, 7) is 0.567. The summed E-state index contributed by atoms with van der Waals surface area (Å²) >= 11 is 0. The van der Waals surface area contributed by atoms with E-state index in [1.165, 1.54) is 12.0 Å². The van der Waals surface area contributed by atoms with Gasteiger partial charge < -0.3 is 9.84 Å². The van der Waals surface area contributed by atoms with Gasteiger partial charge in [-0.1, -0.05) is 18.2 Å². The molecule has 0 radical (unpaired) electrons. The molecule has 2 fully saturated rings. The van der Waals surface area contributed by atoms with Crippen LogP contribution in [0.1, 0.15) is 11.6 Å². The molecule has 2 N–H and O–H groups in total. The zero-order valence-corrected chi connectivity index (χ0v) is 12.5. The molecular formula is C15H19N3O4. The first-order chi connectivity index (χ1) is 10.6. The van der Waals surface area contributed by atoms with Gasteiger partial charge >= 0.3 is 0 Å². The molecule has 1 aromatic rings. The largest absolute Gasteiger partial charge is 0.508 e. The number of carbonyl (C=O) groups is 2. The number of hydrazine groups is 1. The molecule has 2 heterocycles. The highest BCUT2D eigenvalue weighted by molar-refractivity contribution is 6.08. The highest BCUT2D eigenvalue weighted by atomic mass is 16.5. The lowest BCUT2D eigenvalue weighted by molar-refractivity contribution is -0.142. The van der Waals surface area contributed by atoms with Crippen molar-refractivity contribution < 1.29 is 19.4 Å². The number of hydrogen-bond acceptors (Lipinski definition) is 6. The quantitative estimate of drug-likeness (QED) is 0.755. The molecule has 2 amide bonds.